The molecular formula is C22H30NO3+. The van der Waals surface area contributed by atoms with Crippen molar-refractivity contribution in [2.45, 2.75) is 33.0 Å². The molecule has 4 heteroatoms. The Morgan fingerprint density at radius 1 is 0.962 bits per heavy atom. The predicted octanol–water partition coefficient (Wildman–Crippen LogP) is 4.22. The standard InChI is InChI=1S/C22H30NO3/c1-5-23(4,6-2)17-21(19-13-9-7-10-14-19)26-22(24)18(3)25-20-15-11-8-12-16-20/h7-16,18,21H,5-6,17H2,1-4H3/q+1. The number of esters is 1. The minimum atomic E-state index is -0.661. The molecule has 2 aromatic rings. The molecule has 0 fully saturated rings. The molecule has 0 aliphatic rings. The predicted molar refractivity (Wildman–Crippen MR) is 104 cm³/mol. The van der Waals surface area contributed by atoms with Crippen LogP contribution in [0.5, 0.6) is 5.75 Å². The molecule has 0 aliphatic heterocycles. The summed E-state index contributed by atoms with van der Waals surface area (Å²) in [6.07, 6.45) is -0.957. The van der Waals surface area contributed by atoms with Crippen molar-refractivity contribution >= 4 is 5.97 Å². The van der Waals surface area contributed by atoms with Gasteiger partial charge in [-0.25, -0.2) is 4.79 Å². The van der Waals surface area contributed by atoms with Crippen LogP contribution in [0.1, 0.15) is 32.4 Å². The third kappa shape index (κ3) is 5.60. The second-order valence-corrected chi connectivity index (χ2v) is 6.84. The van der Waals surface area contributed by atoms with Crippen LogP contribution < -0.4 is 4.74 Å². The molecular weight excluding hydrogens is 326 g/mol. The minimum absolute atomic E-state index is 0.296. The summed E-state index contributed by atoms with van der Waals surface area (Å²) in [6, 6.07) is 19.3. The van der Waals surface area contributed by atoms with E-state index in [1.807, 2.05) is 60.7 Å². The SMILES string of the molecule is CC[N+](C)(CC)CC(OC(=O)C(C)Oc1ccccc1)c1ccccc1. The lowest BCUT2D eigenvalue weighted by Crippen LogP contribution is -2.47. The summed E-state index contributed by atoms with van der Waals surface area (Å²) in [6.45, 7) is 8.75. The van der Waals surface area contributed by atoms with Crippen molar-refractivity contribution in [1.29, 1.82) is 0 Å². The molecule has 0 saturated heterocycles. The van der Waals surface area contributed by atoms with Crippen LogP contribution in [-0.2, 0) is 9.53 Å². The number of para-hydroxylation sites is 1. The number of hydrogen-bond donors (Lipinski definition) is 0. The van der Waals surface area contributed by atoms with Crippen molar-refractivity contribution in [3.8, 4) is 5.75 Å². The maximum Gasteiger partial charge on any atom is 0.347 e. The third-order valence-corrected chi connectivity index (χ3v) is 4.95. The van der Waals surface area contributed by atoms with E-state index < -0.39 is 6.10 Å². The summed E-state index contributed by atoms with van der Waals surface area (Å²) in [5, 5.41) is 0. The van der Waals surface area contributed by atoms with Crippen LogP contribution in [0.2, 0.25) is 0 Å². The molecule has 0 amide bonds. The molecule has 0 bridgehead atoms. The topological polar surface area (TPSA) is 35.5 Å². The van der Waals surface area contributed by atoms with E-state index in [1.54, 1.807) is 6.92 Å². The Morgan fingerprint density at radius 2 is 1.50 bits per heavy atom. The maximum absolute atomic E-state index is 12.6. The van der Waals surface area contributed by atoms with Crippen LogP contribution in [0, 0.1) is 0 Å². The van der Waals surface area contributed by atoms with E-state index in [0.717, 1.165) is 29.7 Å². The molecule has 2 rings (SSSR count). The van der Waals surface area contributed by atoms with Crippen molar-refractivity contribution < 1.29 is 18.8 Å². The van der Waals surface area contributed by atoms with Crippen LogP contribution in [-0.4, -0.2) is 43.2 Å². The van der Waals surface area contributed by atoms with Crippen molar-refractivity contribution in [2.24, 2.45) is 0 Å². The van der Waals surface area contributed by atoms with Crippen molar-refractivity contribution in [1.82, 2.24) is 0 Å². The summed E-state index contributed by atoms with van der Waals surface area (Å²) in [5.41, 5.74) is 1.01. The number of benzene rings is 2. The first-order valence-corrected chi connectivity index (χ1v) is 9.28. The van der Waals surface area contributed by atoms with Gasteiger partial charge in [-0.15, -0.1) is 0 Å². The van der Waals surface area contributed by atoms with E-state index in [0.29, 0.717) is 5.75 Å². The van der Waals surface area contributed by atoms with Crippen LogP contribution in [0.15, 0.2) is 60.7 Å². The van der Waals surface area contributed by atoms with Gasteiger partial charge in [0.05, 0.1) is 20.1 Å². The van der Waals surface area contributed by atoms with E-state index in [4.69, 9.17) is 9.47 Å². The molecule has 2 aromatic carbocycles. The molecule has 2 atom stereocenters. The highest BCUT2D eigenvalue weighted by atomic mass is 16.6. The van der Waals surface area contributed by atoms with Crippen molar-refractivity contribution in [3.05, 3.63) is 66.2 Å². The fourth-order valence-electron chi connectivity index (χ4n) is 2.75. The first kappa shape index (κ1) is 20.0. The molecule has 0 spiro atoms. The molecule has 2 unspecified atom stereocenters. The smallest absolute Gasteiger partial charge is 0.347 e. The molecule has 0 radical (unpaired) electrons. The van der Waals surface area contributed by atoms with Crippen molar-refractivity contribution in [3.63, 3.8) is 0 Å². The quantitative estimate of drug-likeness (QED) is 0.498. The van der Waals surface area contributed by atoms with Gasteiger partial charge in [0.2, 0.25) is 0 Å². The van der Waals surface area contributed by atoms with Gasteiger partial charge >= 0.3 is 5.97 Å². The highest BCUT2D eigenvalue weighted by Gasteiger charge is 2.29. The van der Waals surface area contributed by atoms with Crippen molar-refractivity contribution in [2.75, 3.05) is 26.7 Å². The number of carbonyl (C=O) groups is 1. The summed E-state index contributed by atoms with van der Waals surface area (Å²) >= 11 is 0. The minimum Gasteiger partial charge on any atom is -0.479 e. The number of ether oxygens (including phenoxy) is 2. The van der Waals surface area contributed by atoms with E-state index in [2.05, 4.69) is 20.9 Å². The molecule has 26 heavy (non-hydrogen) atoms. The lowest BCUT2D eigenvalue weighted by molar-refractivity contribution is -0.909. The first-order chi connectivity index (χ1) is 12.5. The van der Waals surface area contributed by atoms with Gasteiger partial charge < -0.3 is 14.0 Å². The van der Waals surface area contributed by atoms with E-state index in [-0.39, 0.29) is 12.1 Å². The van der Waals surface area contributed by atoms with E-state index in [9.17, 15) is 4.79 Å². The lowest BCUT2D eigenvalue weighted by Gasteiger charge is -2.35. The Labute approximate surface area is 156 Å². The molecule has 140 valence electrons. The second kappa shape index (κ2) is 9.39. The van der Waals surface area contributed by atoms with E-state index in [1.165, 1.54) is 0 Å². The first-order valence-electron chi connectivity index (χ1n) is 9.28. The Morgan fingerprint density at radius 3 is 2.04 bits per heavy atom. The number of rotatable bonds is 9. The zero-order valence-electron chi connectivity index (χ0n) is 16.2. The van der Waals surface area contributed by atoms with Gasteiger partial charge in [0.15, 0.2) is 12.2 Å². The molecule has 0 heterocycles. The van der Waals surface area contributed by atoms with Gasteiger partial charge in [0.25, 0.3) is 0 Å². The molecule has 0 saturated carbocycles. The summed E-state index contributed by atoms with van der Waals surface area (Å²) in [5.74, 6) is 0.317. The van der Waals surface area contributed by atoms with Gasteiger partial charge in [-0.3, -0.25) is 0 Å². The Bertz CT molecular complexity index is 668. The third-order valence-electron chi connectivity index (χ3n) is 4.95. The van der Waals surface area contributed by atoms with Gasteiger partial charge in [0, 0.05) is 0 Å². The summed E-state index contributed by atoms with van der Waals surface area (Å²) in [4.78, 5) is 12.6. The number of hydrogen-bond acceptors (Lipinski definition) is 3. The summed E-state index contributed by atoms with van der Waals surface area (Å²) < 4.78 is 12.4. The number of likely N-dealkylation sites (N-methyl/N-ethyl adjacent to an activating group) is 1. The van der Waals surface area contributed by atoms with Gasteiger partial charge in [-0.2, -0.15) is 0 Å². The Balaban J connectivity index is 2.11. The largest absolute Gasteiger partial charge is 0.479 e. The van der Waals surface area contributed by atoms with Crippen LogP contribution in [0.3, 0.4) is 0 Å². The Kier molecular flexibility index (Phi) is 7.22. The van der Waals surface area contributed by atoms with Crippen LogP contribution >= 0.6 is 0 Å². The van der Waals surface area contributed by atoms with Gasteiger partial charge in [0.1, 0.15) is 12.3 Å². The highest BCUT2D eigenvalue weighted by molar-refractivity contribution is 5.75. The van der Waals surface area contributed by atoms with Gasteiger partial charge in [-0.05, 0) is 38.5 Å². The average Bonchev–Trinajstić information content (AvgIpc) is 2.68. The maximum atomic E-state index is 12.6. The monoisotopic (exact) mass is 356 g/mol. The number of quaternary nitrogens is 1. The Hall–Kier alpha value is -2.33. The molecule has 0 N–H and O–H groups in total. The zero-order chi connectivity index (χ0) is 19.0. The summed E-state index contributed by atoms with van der Waals surface area (Å²) in [7, 11) is 2.19. The van der Waals surface area contributed by atoms with Crippen LogP contribution in [0.25, 0.3) is 0 Å². The zero-order valence-corrected chi connectivity index (χ0v) is 16.2. The lowest BCUT2D eigenvalue weighted by atomic mass is 10.1. The van der Waals surface area contributed by atoms with E-state index >= 15 is 0 Å². The normalized spacial score (nSPS) is 13.7. The number of nitrogens with zero attached hydrogens (tertiary/aromatic N) is 1. The second-order valence-electron chi connectivity index (χ2n) is 6.84. The number of carbonyl (C=O) groups excluding carboxylic acids is 1. The average molecular weight is 356 g/mol. The molecule has 0 aliphatic carbocycles. The molecule has 4 nitrogen and oxygen atoms in total. The fourth-order valence-corrected chi connectivity index (χ4v) is 2.75. The highest BCUT2D eigenvalue weighted by Crippen LogP contribution is 2.23. The molecule has 0 aromatic heterocycles. The van der Waals surface area contributed by atoms with Crippen LogP contribution in [0.4, 0.5) is 0 Å². The fraction of sp³-hybridized carbons (Fsp3) is 0.409. The van der Waals surface area contributed by atoms with Gasteiger partial charge in [-0.1, -0.05) is 48.5 Å².